The van der Waals surface area contributed by atoms with Crippen molar-refractivity contribution < 1.29 is 9.53 Å². The minimum Gasteiger partial charge on any atom is -0.460 e. The maximum atomic E-state index is 12.3. The average Bonchev–Trinajstić information content (AvgIpc) is 3.03. The first-order valence-corrected chi connectivity index (χ1v) is 7.24. The van der Waals surface area contributed by atoms with Crippen LogP contribution in [0.4, 0.5) is 0 Å². The molecule has 1 spiro atoms. The predicted octanol–water partition coefficient (Wildman–Crippen LogP) is 3.62. The van der Waals surface area contributed by atoms with Gasteiger partial charge in [-0.05, 0) is 57.6 Å². The molecule has 1 aromatic rings. The smallest absolute Gasteiger partial charge is 0.310 e. The topological polar surface area (TPSA) is 26.3 Å². The van der Waals surface area contributed by atoms with E-state index in [1.54, 1.807) is 0 Å². The number of rotatable bonds is 1. The van der Waals surface area contributed by atoms with E-state index in [2.05, 4.69) is 24.3 Å². The van der Waals surface area contributed by atoms with E-state index in [0.717, 1.165) is 19.3 Å². The minimum atomic E-state index is -0.380. The van der Waals surface area contributed by atoms with Gasteiger partial charge in [-0.1, -0.05) is 24.3 Å². The van der Waals surface area contributed by atoms with E-state index < -0.39 is 0 Å². The highest BCUT2D eigenvalue weighted by molar-refractivity contribution is 5.80. The lowest BCUT2D eigenvalue weighted by Gasteiger charge is -2.27. The number of hydrogen-bond acceptors (Lipinski definition) is 2. The monoisotopic (exact) mass is 258 g/mol. The standard InChI is InChI=1S/C17H22O2/c1-16(2,3)19-15(18)14-11-17(14)10-6-8-12-7-4-5-9-13(12)17/h4-5,7,9,14H,6,8,10-11H2,1-3H3/t14-,17+/m1/s1. The Labute approximate surface area is 115 Å². The predicted molar refractivity (Wildman–Crippen MR) is 75.0 cm³/mol. The number of aryl methyl sites for hydroxylation is 1. The van der Waals surface area contributed by atoms with E-state index in [4.69, 9.17) is 4.74 Å². The van der Waals surface area contributed by atoms with Gasteiger partial charge in [-0.3, -0.25) is 4.79 Å². The minimum absolute atomic E-state index is 0.01000. The second-order valence-corrected chi connectivity index (χ2v) is 6.96. The van der Waals surface area contributed by atoms with Gasteiger partial charge in [0.1, 0.15) is 5.60 Å². The fourth-order valence-electron chi connectivity index (χ4n) is 3.51. The van der Waals surface area contributed by atoms with Crippen LogP contribution < -0.4 is 0 Å². The Morgan fingerprint density at radius 2 is 2.05 bits per heavy atom. The third kappa shape index (κ3) is 2.18. The molecule has 0 aliphatic heterocycles. The molecule has 0 radical (unpaired) electrons. The van der Waals surface area contributed by atoms with Crippen molar-refractivity contribution in [2.45, 2.75) is 57.5 Å². The summed E-state index contributed by atoms with van der Waals surface area (Å²) < 4.78 is 5.57. The summed E-state index contributed by atoms with van der Waals surface area (Å²) >= 11 is 0. The fourth-order valence-corrected chi connectivity index (χ4v) is 3.51. The lowest BCUT2D eigenvalue weighted by atomic mass is 9.78. The van der Waals surface area contributed by atoms with Gasteiger partial charge in [-0.2, -0.15) is 0 Å². The molecular formula is C17H22O2. The molecule has 0 unspecified atom stereocenters. The largest absolute Gasteiger partial charge is 0.460 e. The number of hydrogen-bond donors (Lipinski definition) is 0. The molecule has 1 saturated carbocycles. The molecule has 0 saturated heterocycles. The summed E-state index contributed by atoms with van der Waals surface area (Å²) in [6, 6.07) is 8.61. The zero-order chi connectivity index (χ0) is 13.7. The van der Waals surface area contributed by atoms with Crippen LogP contribution in [0.15, 0.2) is 24.3 Å². The molecule has 2 aliphatic carbocycles. The summed E-state index contributed by atoms with van der Waals surface area (Å²) in [7, 11) is 0. The number of benzene rings is 1. The summed E-state index contributed by atoms with van der Waals surface area (Å²) in [5.41, 5.74) is 2.54. The van der Waals surface area contributed by atoms with Crippen LogP contribution in [0.1, 0.15) is 51.2 Å². The van der Waals surface area contributed by atoms with Gasteiger partial charge in [0.05, 0.1) is 5.92 Å². The van der Waals surface area contributed by atoms with Gasteiger partial charge in [0.2, 0.25) is 0 Å². The van der Waals surface area contributed by atoms with Crippen LogP contribution in [0.2, 0.25) is 0 Å². The highest BCUT2D eigenvalue weighted by atomic mass is 16.6. The molecule has 0 amide bonds. The van der Waals surface area contributed by atoms with Crippen molar-refractivity contribution >= 4 is 5.97 Å². The van der Waals surface area contributed by atoms with Gasteiger partial charge >= 0.3 is 5.97 Å². The summed E-state index contributed by atoms with van der Waals surface area (Å²) in [5, 5.41) is 0. The number of fused-ring (bicyclic) bond motifs is 2. The molecule has 2 heteroatoms. The van der Waals surface area contributed by atoms with Crippen LogP contribution in [0.5, 0.6) is 0 Å². The van der Waals surface area contributed by atoms with Crippen molar-refractivity contribution in [3.63, 3.8) is 0 Å². The van der Waals surface area contributed by atoms with E-state index >= 15 is 0 Å². The molecule has 2 atom stereocenters. The van der Waals surface area contributed by atoms with Gasteiger partial charge in [0.25, 0.3) is 0 Å². The third-order valence-corrected chi connectivity index (χ3v) is 4.39. The summed E-state index contributed by atoms with van der Waals surface area (Å²) in [5.74, 6) is 0.0670. The first-order valence-electron chi connectivity index (χ1n) is 7.24. The van der Waals surface area contributed by atoms with Gasteiger partial charge in [-0.15, -0.1) is 0 Å². The van der Waals surface area contributed by atoms with Gasteiger partial charge in [-0.25, -0.2) is 0 Å². The molecule has 2 aliphatic rings. The number of carbonyl (C=O) groups is 1. The Balaban J connectivity index is 1.84. The molecule has 0 N–H and O–H groups in total. The molecule has 19 heavy (non-hydrogen) atoms. The van der Waals surface area contributed by atoms with Crippen molar-refractivity contribution in [1.82, 2.24) is 0 Å². The molecular weight excluding hydrogens is 236 g/mol. The Morgan fingerprint density at radius 1 is 1.32 bits per heavy atom. The van der Waals surface area contributed by atoms with Crippen LogP contribution in [0.3, 0.4) is 0 Å². The second-order valence-electron chi connectivity index (χ2n) is 6.96. The maximum Gasteiger partial charge on any atom is 0.310 e. The van der Waals surface area contributed by atoms with Crippen molar-refractivity contribution in [2.75, 3.05) is 0 Å². The summed E-state index contributed by atoms with van der Waals surface area (Å²) in [4.78, 5) is 12.3. The Kier molecular flexibility index (Phi) is 2.74. The Bertz CT molecular complexity index is 512. The van der Waals surface area contributed by atoms with Crippen molar-refractivity contribution in [1.29, 1.82) is 0 Å². The van der Waals surface area contributed by atoms with Crippen LogP contribution in [0.25, 0.3) is 0 Å². The number of ether oxygens (including phenoxy) is 1. The highest BCUT2D eigenvalue weighted by Crippen LogP contribution is 2.60. The van der Waals surface area contributed by atoms with Gasteiger partial charge < -0.3 is 4.74 Å². The van der Waals surface area contributed by atoms with E-state index in [-0.39, 0.29) is 22.9 Å². The quantitative estimate of drug-likeness (QED) is 0.719. The third-order valence-electron chi connectivity index (χ3n) is 4.39. The van der Waals surface area contributed by atoms with Crippen molar-refractivity contribution in [3.05, 3.63) is 35.4 Å². The molecule has 0 heterocycles. The Morgan fingerprint density at radius 3 is 2.79 bits per heavy atom. The van der Waals surface area contributed by atoms with E-state index in [9.17, 15) is 4.79 Å². The highest BCUT2D eigenvalue weighted by Gasteiger charge is 2.61. The fraction of sp³-hybridized carbons (Fsp3) is 0.588. The van der Waals surface area contributed by atoms with E-state index in [1.165, 1.54) is 17.5 Å². The summed E-state index contributed by atoms with van der Waals surface area (Å²) in [6.07, 6.45) is 4.45. The van der Waals surface area contributed by atoms with Gasteiger partial charge in [0.15, 0.2) is 0 Å². The van der Waals surface area contributed by atoms with E-state index in [1.807, 2.05) is 20.8 Å². The van der Waals surface area contributed by atoms with Crippen molar-refractivity contribution in [2.24, 2.45) is 5.92 Å². The molecule has 0 aromatic heterocycles. The van der Waals surface area contributed by atoms with Crippen LogP contribution in [-0.2, 0) is 21.4 Å². The normalized spacial score (nSPS) is 28.9. The Hall–Kier alpha value is -1.31. The van der Waals surface area contributed by atoms with Crippen LogP contribution in [0, 0.1) is 5.92 Å². The second kappa shape index (κ2) is 4.09. The zero-order valence-corrected chi connectivity index (χ0v) is 12.0. The summed E-state index contributed by atoms with van der Waals surface area (Å²) in [6.45, 7) is 5.82. The first kappa shape index (κ1) is 12.7. The first-order chi connectivity index (χ1) is 8.92. The lowest BCUT2D eigenvalue weighted by molar-refractivity contribution is -0.157. The number of carbonyl (C=O) groups excluding carboxylic acids is 1. The zero-order valence-electron chi connectivity index (χ0n) is 12.0. The molecule has 3 rings (SSSR count). The average molecular weight is 258 g/mol. The SMILES string of the molecule is CC(C)(C)OC(=O)[C@H]1C[C@]12CCCc1ccccc12. The molecule has 2 nitrogen and oxygen atoms in total. The molecule has 1 fully saturated rings. The number of esters is 1. The van der Waals surface area contributed by atoms with Crippen LogP contribution >= 0.6 is 0 Å². The van der Waals surface area contributed by atoms with E-state index in [0.29, 0.717) is 0 Å². The van der Waals surface area contributed by atoms with Gasteiger partial charge in [0, 0.05) is 5.41 Å². The lowest BCUT2D eigenvalue weighted by Crippen LogP contribution is -2.28. The van der Waals surface area contributed by atoms with Crippen molar-refractivity contribution in [3.8, 4) is 0 Å². The molecule has 1 aromatic carbocycles. The maximum absolute atomic E-state index is 12.3. The molecule has 102 valence electrons. The van der Waals surface area contributed by atoms with Crippen LogP contribution in [-0.4, -0.2) is 11.6 Å². The molecule has 0 bridgehead atoms.